The van der Waals surface area contributed by atoms with Crippen molar-refractivity contribution in [2.45, 2.75) is 0 Å². The summed E-state index contributed by atoms with van der Waals surface area (Å²) in [6, 6.07) is 68.8. The maximum atomic E-state index is 7.03. The first kappa shape index (κ1) is 32.2. The Morgan fingerprint density at radius 1 is 0.220 bits per heavy atom. The third-order valence-corrected chi connectivity index (χ3v) is 12.3. The molecule has 0 saturated heterocycles. The highest BCUT2D eigenvalue weighted by Crippen LogP contribution is 2.51. The van der Waals surface area contributed by atoms with E-state index >= 15 is 0 Å². The van der Waals surface area contributed by atoms with Crippen LogP contribution in [0.1, 0.15) is 0 Å². The molecule has 0 aliphatic carbocycles. The van der Waals surface area contributed by atoms with Gasteiger partial charge >= 0.3 is 0 Å². The maximum Gasteiger partial charge on any atom is 0.143 e. The Morgan fingerprint density at radius 2 is 0.610 bits per heavy atom. The van der Waals surface area contributed by atoms with Gasteiger partial charge in [0.2, 0.25) is 0 Å². The molecule has 13 rings (SSSR count). The number of fused-ring (bicyclic) bond motifs is 11. The van der Waals surface area contributed by atoms with E-state index in [0.29, 0.717) is 0 Å². The van der Waals surface area contributed by atoms with Crippen LogP contribution in [0.15, 0.2) is 207 Å². The third-order valence-electron chi connectivity index (χ3n) is 12.3. The van der Waals surface area contributed by atoms with Gasteiger partial charge in [-0.05, 0) is 85.8 Å². The molecule has 3 nitrogen and oxygen atoms in total. The molecule has 0 atom stereocenters. The summed E-state index contributed by atoms with van der Waals surface area (Å²) in [6.07, 6.45) is 0. The molecule has 0 fully saturated rings. The molecule has 0 radical (unpaired) electrons. The summed E-state index contributed by atoms with van der Waals surface area (Å²) in [5.41, 5.74) is 14.1. The summed E-state index contributed by atoms with van der Waals surface area (Å²) < 4.78 is 20.3. The van der Waals surface area contributed by atoms with E-state index in [1.807, 2.05) is 24.3 Å². The molecule has 59 heavy (non-hydrogen) atoms. The Bertz CT molecular complexity index is 3780. The highest BCUT2D eigenvalue weighted by atomic mass is 16.3. The number of furan rings is 3. The zero-order chi connectivity index (χ0) is 38.6. The Hall–Kier alpha value is -7.88. The summed E-state index contributed by atoms with van der Waals surface area (Å²) in [7, 11) is 0. The predicted molar refractivity (Wildman–Crippen MR) is 245 cm³/mol. The smallest absolute Gasteiger partial charge is 0.143 e. The van der Waals surface area contributed by atoms with Gasteiger partial charge in [-0.15, -0.1) is 0 Å². The average Bonchev–Trinajstić information content (AvgIpc) is 4.00. The molecule has 3 heterocycles. The molecule has 0 bridgehead atoms. The molecule has 3 aromatic heterocycles. The Labute approximate surface area is 337 Å². The summed E-state index contributed by atoms with van der Waals surface area (Å²) in [5, 5.41) is 11.3. The van der Waals surface area contributed by atoms with E-state index in [0.717, 1.165) is 93.6 Å². The highest BCUT2D eigenvalue weighted by Gasteiger charge is 2.25. The van der Waals surface area contributed by atoms with Crippen LogP contribution in [0.2, 0.25) is 0 Å². The molecule has 0 unspecified atom stereocenters. The summed E-state index contributed by atoms with van der Waals surface area (Å²) in [5.74, 6) is 0. The van der Waals surface area contributed by atoms with E-state index in [1.165, 1.54) is 38.2 Å². The zero-order valence-electron chi connectivity index (χ0n) is 31.7. The third kappa shape index (κ3) is 4.58. The largest absolute Gasteiger partial charge is 0.456 e. The van der Waals surface area contributed by atoms with Crippen molar-refractivity contribution in [3.8, 4) is 44.5 Å². The molecule has 3 heteroatoms. The standard InChI is InChI=1S/C56H32O3/c1-2-15-33(16-3-1)50-34-17-4-6-19-36(34)51(37-20-7-5-18-35(37)50)45-32-30-40(54-44-23-10-13-27-48(44)59-56(45)54)39-29-31-41(55-53(39)43-22-9-12-26-47(43)58-55)38-24-14-28-49-52(38)42-21-8-11-25-46(42)57-49/h1-32H. The second-order valence-corrected chi connectivity index (χ2v) is 15.4. The van der Waals surface area contributed by atoms with E-state index < -0.39 is 0 Å². The Kier molecular flexibility index (Phi) is 6.72. The van der Waals surface area contributed by atoms with E-state index in [9.17, 15) is 0 Å². The van der Waals surface area contributed by atoms with Gasteiger partial charge in [-0.2, -0.15) is 0 Å². The average molecular weight is 753 g/mol. The van der Waals surface area contributed by atoms with Crippen molar-refractivity contribution in [1.29, 1.82) is 0 Å². The lowest BCUT2D eigenvalue weighted by molar-refractivity contribution is 0.668. The molecule has 0 aliphatic rings. The number of hydrogen-bond acceptors (Lipinski definition) is 3. The highest BCUT2D eigenvalue weighted by molar-refractivity contribution is 6.28. The van der Waals surface area contributed by atoms with Crippen LogP contribution >= 0.6 is 0 Å². The predicted octanol–water partition coefficient (Wildman–Crippen LogP) is 16.4. The van der Waals surface area contributed by atoms with E-state index in [-0.39, 0.29) is 0 Å². The van der Waals surface area contributed by atoms with Gasteiger partial charge in [0, 0.05) is 49.0 Å². The molecule has 13 aromatic rings. The van der Waals surface area contributed by atoms with Gasteiger partial charge in [-0.3, -0.25) is 0 Å². The first-order chi connectivity index (χ1) is 29.3. The van der Waals surface area contributed by atoms with Gasteiger partial charge in [0.25, 0.3) is 0 Å². The SMILES string of the molecule is c1ccc(-c2c3ccccc3c(-c3ccc(-c4ccc(-c5cccc6oc7ccccc7c56)c5oc6ccccc6c45)c4c3oc3ccccc34)c3ccccc23)cc1. The zero-order valence-corrected chi connectivity index (χ0v) is 31.7. The first-order valence-electron chi connectivity index (χ1n) is 20.1. The lowest BCUT2D eigenvalue weighted by Gasteiger charge is -2.18. The Morgan fingerprint density at radius 3 is 1.19 bits per heavy atom. The maximum absolute atomic E-state index is 7.03. The van der Waals surface area contributed by atoms with E-state index in [2.05, 4.69) is 170 Å². The van der Waals surface area contributed by atoms with Crippen LogP contribution in [0.4, 0.5) is 0 Å². The van der Waals surface area contributed by atoms with E-state index in [4.69, 9.17) is 13.3 Å². The van der Waals surface area contributed by atoms with Crippen molar-refractivity contribution in [2.24, 2.45) is 0 Å². The minimum Gasteiger partial charge on any atom is -0.456 e. The normalized spacial score (nSPS) is 12.1. The molecule has 0 saturated carbocycles. The van der Waals surface area contributed by atoms with Crippen molar-refractivity contribution in [2.75, 3.05) is 0 Å². The summed E-state index contributed by atoms with van der Waals surface area (Å²) >= 11 is 0. The number of para-hydroxylation sites is 3. The molecule has 0 aliphatic heterocycles. The lowest BCUT2D eigenvalue weighted by Crippen LogP contribution is -1.92. The van der Waals surface area contributed by atoms with Gasteiger partial charge in [-0.25, -0.2) is 0 Å². The molecule has 10 aromatic carbocycles. The van der Waals surface area contributed by atoms with Gasteiger partial charge in [0.05, 0.1) is 0 Å². The second-order valence-electron chi connectivity index (χ2n) is 15.4. The number of hydrogen-bond donors (Lipinski definition) is 0. The first-order valence-corrected chi connectivity index (χ1v) is 20.1. The molecular formula is C56H32O3. The lowest BCUT2D eigenvalue weighted by atomic mass is 9.84. The van der Waals surface area contributed by atoms with Crippen molar-refractivity contribution in [1.82, 2.24) is 0 Å². The second kappa shape index (κ2) is 12.3. The minimum absolute atomic E-state index is 0.847. The topological polar surface area (TPSA) is 39.4 Å². The van der Waals surface area contributed by atoms with Crippen LogP contribution in [0.3, 0.4) is 0 Å². The van der Waals surface area contributed by atoms with Crippen LogP contribution in [0, 0.1) is 0 Å². The van der Waals surface area contributed by atoms with Crippen LogP contribution in [-0.4, -0.2) is 0 Å². The van der Waals surface area contributed by atoms with Gasteiger partial charge in [0.1, 0.15) is 33.5 Å². The van der Waals surface area contributed by atoms with Crippen LogP contribution in [0.5, 0.6) is 0 Å². The summed E-state index contributed by atoms with van der Waals surface area (Å²) in [6.45, 7) is 0. The van der Waals surface area contributed by atoms with E-state index in [1.54, 1.807) is 0 Å². The fourth-order valence-electron chi connectivity index (χ4n) is 9.85. The van der Waals surface area contributed by atoms with Gasteiger partial charge in [0.15, 0.2) is 0 Å². The minimum atomic E-state index is 0.847. The molecule has 0 N–H and O–H groups in total. The van der Waals surface area contributed by atoms with Crippen molar-refractivity contribution in [3.05, 3.63) is 194 Å². The fourth-order valence-corrected chi connectivity index (χ4v) is 9.85. The summed E-state index contributed by atoms with van der Waals surface area (Å²) in [4.78, 5) is 0. The van der Waals surface area contributed by atoms with Crippen LogP contribution in [0.25, 0.3) is 132 Å². The van der Waals surface area contributed by atoms with Crippen molar-refractivity contribution in [3.63, 3.8) is 0 Å². The van der Waals surface area contributed by atoms with Crippen LogP contribution in [-0.2, 0) is 0 Å². The number of benzene rings is 10. The number of rotatable bonds is 4. The molecule has 274 valence electrons. The quantitative estimate of drug-likeness (QED) is 0.168. The fraction of sp³-hybridized carbons (Fsp3) is 0. The van der Waals surface area contributed by atoms with Crippen LogP contribution < -0.4 is 0 Å². The van der Waals surface area contributed by atoms with Gasteiger partial charge < -0.3 is 13.3 Å². The molecular weight excluding hydrogens is 721 g/mol. The Balaban J connectivity index is 1.13. The monoisotopic (exact) mass is 752 g/mol. The molecule has 0 spiro atoms. The van der Waals surface area contributed by atoms with Crippen molar-refractivity contribution >= 4 is 87.4 Å². The molecule has 0 amide bonds. The van der Waals surface area contributed by atoms with Gasteiger partial charge in [-0.1, -0.05) is 158 Å². The van der Waals surface area contributed by atoms with Crippen molar-refractivity contribution < 1.29 is 13.3 Å².